The molecule has 0 aliphatic carbocycles. The molecule has 0 radical (unpaired) electrons. The van der Waals surface area contributed by atoms with E-state index in [1.54, 1.807) is 0 Å². The van der Waals surface area contributed by atoms with Gasteiger partial charge in [-0.05, 0) is 17.5 Å². The number of aliphatic hydroxyl groups is 1. The smallest absolute Gasteiger partial charge is 0.0847 e. The lowest BCUT2D eigenvalue weighted by atomic mass is 10.1. The topological polar surface area (TPSA) is 32.3 Å². The van der Waals surface area contributed by atoms with E-state index in [0.29, 0.717) is 6.54 Å². The number of nitrogens with one attached hydrogen (secondary N) is 1. The molecule has 0 fully saturated rings. The molecular weight excluding hydrogens is 302 g/mol. The summed E-state index contributed by atoms with van der Waals surface area (Å²) in [6, 6.07) is 12.1. The number of hydrogen-bond donors (Lipinski definition) is 2. The van der Waals surface area contributed by atoms with Crippen LogP contribution in [0.3, 0.4) is 0 Å². The number of halogens is 2. The van der Waals surface area contributed by atoms with E-state index in [2.05, 4.69) is 33.4 Å². The van der Waals surface area contributed by atoms with E-state index in [4.69, 9.17) is 11.6 Å². The summed E-state index contributed by atoms with van der Waals surface area (Å²) in [5.41, 5.74) is 1.01. The van der Waals surface area contributed by atoms with Crippen molar-refractivity contribution in [2.75, 3.05) is 17.7 Å². The van der Waals surface area contributed by atoms with Crippen LogP contribution in [0.5, 0.6) is 0 Å². The summed E-state index contributed by atoms with van der Waals surface area (Å²) in [6.07, 6.45) is -0.529. The third-order valence-electron chi connectivity index (χ3n) is 2.58. The van der Waals surface area contributed by atoms with Gasteiger partial charge in [0.1, 0.15) is 0 Å². The largest absolute Gasteiger partial charge is 0.390 e. The Bertz CT molecular complexity index is 518. The highest BCUT2D eigenvalue weighted by Gasteiger charge is 2.05. The van der Waals surface area contributed by atoms with E-state index >= 15 is 0 Å². The van der Waals surface area contributed by atoms with Gasteiger partial charge in [0.25, 0.3) is 0 Å². The molecule has 2 aromatic rings. The molecule has 0 aliphatic heterocycles. The molecular formula is C13H13BrClNO. The van der Waals surface area contributed by atoms with Crippen LogP contribution in [0.2, 0.25) is 0 Å². The number of hydrogen-bond acceptors (Lipinski definition) is 2. The van der Waals surface area contributed by atoms with Crippen LogP contribution in [0.25, 0.3) is 10.8 Å². The molecule has 1 atom stereocenters. The number of rotatable bonds is 4. The van der Waals surface area contributed by atoms with Crippen LogP contribution in [0.4, 0.5) is 5.69 Å². The summed E-state index contributed by atoms with van der Waals surface area (Å²) < 4.78 is 1.07. The normalized spacial score (nSPS) is 12.6. The number of alkyl halides is 1. The second kappa shape index (κ2) is 5.71. The minimum atomic E-state index is -0.529. The van der Waals surface area contributed by atoms with Crippen LogP contribution in [-0.2, 0) is 0 Å². The second-order valence-electron chi connectivity index (χ2n) is 3.83. The molecule has 90 valence electrons. The number of benzene rings is 2. The molecule has 0 bridgehead atoms. The molecule has 0 saturated heterocycles. The Hall–Kier alpha value is -0.770. The van der Waals surface area contributed by atoms with Crippen molar-refractivity contribution >= 4 is 44.0 Å². The van der Waals surface area contributed by atoms with E-state index in [0.717, 1.165) is 20.9 Å². The molecule has 17 heavy (non-hydrogen) atoms. The Morgan fingerprint density at radius 2 is 1.88 bits per heavy atom. The van der Waals surface area contributed by atoms with Crippen LogP contribution < -0.4 is 5.32 Å². The number of anilines is 1. The fraction of sp³-hybridized carbons (Fsp3) is 0.231. The first kappa shape index (κ1) is 12.7. The van der Waals surface area contributed by atoms with E-state index in [1.165, 1.54) is 0 Å². The minimum absolute atomic E-state index is 0.238. The second-order valence-corrected chi connectivity index (χ2v) is 4.99. The summed E-state index contributed by atoms with van der Waals surface area (Å²) in [7, 11) is 0. The third-order valence-corrected chi connectivity index (χ3v) is 3.62. The Labute approximate surface area is 114 Å². The zero-order valence-electron chi connectivity index (χ0n) is 9.16. The molecule has 2 N–H and O–H groups in total. The molecule has 0 aliphatic rings. The predicted molar refractivity (Wildman–Crippen MR) is 76.9 cm³/mol. The fourth-order valence-electron chi connectivity index (χ4n) is 1.70. The summed E-state index contributed by atoms with van der Waals surface area (Å²) >= 11 is 9.09. The first-order chi connectivity index (χ1) is 8.22. The van der Waals surface area contributed by atoms with Crippen molar-refractivity contribution in [2.24, 2.45) is 0 Å². The van der Waals surface area contributed by atoms with Crippen molar-refractivity contribution < 1.29 is 5.11 Å². The van der Waals surface area contributed by atoms with Gasteiger partial charge in [-0.3, -0.25) is 0 Å². The lowest BCUT2D eigenvalue weighted by Gasteiger charge is -2.13. The monoisotopic (exact) mass is 313 g/mol. The lowest BCUT2D eigenvalue weighted by molar-refractivity contribution is 0.211. The van der Waals surface area contributed by atoms with E-state index in [-0.39, 0.29) is 5.88 Å². The molecule has 0 aromatic heterocycles. The maximum atomic E-state index is 9.44. The standard InChI is InChI=1S/C13H13BrClNO/c14-12-5-6-13(16-8-9(17)7-15)11-4-2-1-3-10(11)12/h1-6,9,16-17H,7-8H2. The fourth-order valence-corrected chi connectivity index (χ4v) is 2.29. The Morgan fingerprint density at radius 1 is 1.18 bits per heavy atom. The van der Waals surface area contributed by atoms with Gasteiger partial charge in [0.05, 0.1) is 12.0 Å². The molecule has 0 amide bonds. The van der Waals surface area contributed by atoms with E-state index in [9.17, 15) is 5.11 Å². The molecule has 2 rings (SSSR count). The summed E-state index contributed by atoms with van der Waals surface area (Å²) in [5, 5.41) is 14.9. The Balaban J connectivity index is 2.32. The molecule has 0 spiro atoms. The summed E-state index contributed by atoms with van der Waals surface area (Å²) in [4.78, 5) is 0. The van der Waals surface area contributed by atoms with Crippen molar-refractivity contribution in [3.05, 3.63) is 40.9 Å². The number of aliphatic hydroxyl groups excluding tert-OH is 1. The van der Waals surface area contributed by atoms with Crippen LogP contribution >= 0.6 is 27.5 Å². The van der Waals surface area contributed by atoms with Gasteiger partial charge in [0, 0.05) is 22.1 Å². The maximum Gasteiger partial charge on any atom is 0.0847 e. The van der Waals surface area contributed by atoms with Crippen molar-refractivity contribution in [2.45, 2.75) is 6.10 Å². The molecule has 4 heteroatoms. The van der Waals surface area contributed by atoms with Gasteiger partial charge in [-0.25, -0.2) is 0 Å². The SMILES string of the molecule is OC(CCl)CNc1ccc(Br)c2ccccc12. The van der Waals surface area contributed by atoms with Crippen molar-refractivity contribution in [3.63, 3.8) is 0 Å². The van der Waals surface area contributed by atoms with Crippen LogP contribution in [0.1, 0.15) is 0 Å². The van der Waals surface area contributed by atoms with Gasteiger partial charge in [0.15, 0.2) is 0 Å². The van der Waals surface area contributed by atoms with Crippen LogP contribution in [0.15, 0.2) is 40.9 Å². The lowest BCUT2D eigenvalue weighted by Crippen LogP contribution is -2.20. The Morgan fingerprint density at radius 3 is 2.59 bits per heavy atom. The average molecular weight is 315 g/mol. The molecule has 0 saturated carbocycles. The van der Waals surface area contributed by atoms with Crippen molar-refractivity contribution in [1.82, 2.24) is 0 Å². The molecule has 1 unspecified atom stereocenters. The highest BCUT2D eigenvalue weighted by molar-refractivity contribution is 9.10. The summed E-state index contributed by atoms with van der Waals surface area (Å²) in [5.74, 6) is 0.238. The highest BCUT2D eigenvalue weighted by atomic mass is 79.9. The van der Waals surface area contributed by atoms with Gasteiger partial charge in [-0.1, -0.05) is 40.2 Å². The molecule has 2 aromatic carbocycles. The number of fused-ring (bicyclic) bond motifs is 1. The third kappa shape index (κ3) is 2.92. The van der Waals surface area contributed by atoms with Gasteiger partial charge in [0.2, 0.25) is 0 Å². The first-order valence-electron chi connectivity index (χ1n) is 5.37. The van der Waals surface area contributed by atoms with Crippen molar-refractivity contribution in [1.29, 1.82) is 0 Å². The minimum Gasteiger partial charge on any atom is -0.390 e. The Kier molecular flexibility index (Phi) is 4.26. The van der Waals surface area contributed by atoms with Gasteiger partial charge >= 0.3 is 0 Å². The van der Waals surface area contributed by atoms with Crippen LogP contribution in [0, 0.1) is 0 Å². The van der Waals surface area contributed by atoms with E-state index < -0.39 is 6.10 Å². The van der Waals surface area contributed by atoms with Crippen LogP contribution in [-0.4, -0.2) is 23.6 Å². The van der Waals surface area contributed by atoms with Gasteiger partial charge < -0.3 is 10.4 Å². The average Bonchev–Trinajstić information content (AvgIpc) is 2.38. The quantitative estimate of drug-likeness (QED) is 0.845. The summed E-state index contributed by atoms with van der Waals surface area (Å²) in [6.45, 7) is 0.453. The predicted octanol–water partition coefficient (Wildman–Crippen LogP) is 3.61. The molecule has 0 heterocycles. The zero-order chi connectivity index (χ0) is 12.3. The molecule has 2 nitrogen and oxygen atoms in total. The van der Waals surface area contributed by atoms with Crippen molar-refractivity contribution in [3.8, 4) is 0 Å². The van der Waals surface area contributed by atoms with E-state index in [1.807, 2.05) is 24.3 Å². The van der Waals surface area contributed by atoms with Gasteiger partial charge in [-0.2, -0.15) is 0 Å². The highest BCUT2D eigenvalue weighted by Crippen LogP contribution is 2.29. The maximum absolute atomic E-state index is 9.44. The van der Waals surface area contributed by atoms with Gasteiger partial charge in [-0.15, -0.1) is 11.6 Å². The first-order valence-corrected chi connectivity index (χ1v) is 6.70. The zero-order valence-corrected chi connectivity index (χ0v) is 11.5.